The predicted molar refractivity (Wildman–Crippen MR) is 76.9 cm³/mol. The Kier molecular flexibility index (Phi) is 2.94. The molecule has 1 saturated heterocycles. The number of aliphatic imine (C=N–C) groups is 1. The zero-order valence-corrected chi connectivity index (χ0v) is 11.8. The van der Waals surface area contributed by atoms with Crippen LogP contribution in [0.1, 0.15) is 32.1 Å². The molecule has 0 spiro atoms. The SMILES string of the molecule is O=C1C=CC2=N[C@@H]3CC[C@@H](N4CCCC4=O)C[C@H]3OC2=C1. The Morgan fingerprint density at radius 1 is 1.24 bits per heavy atom. The average Bonchev–Trinajstić information content (AvgIpc) is 2.90. The van der Waals surface area contributed by atoms with E-state index in [1.54, 1.807) is 6.08 Å². The molecule has 110 valence electrons. The summed E-state index contributed by atoms with van der Waals surface area (Å²) in [6.07, 6.45) is 9.18. The van der Waals surface area contributed by atoms with E-state index in [2.05, 4.69) is 0 Å². The lowest BCUT2D eigenvalue weighted by Gasteiger charge is -2.41. The number of likely N-dealkylation sites (tertiary alicyclic amines) is 1. The van der Waals surface area contributed by atoms with Crippen LogP contribution in [-0.4, -0.2) is 47.0 Å². The topological polar surface area (TPSA) is 59.0 Å². The molecule has 2 aliphatic carbocycles. The number of carbonyl (C=O) groups excluding carboxylic acids is 2. The van der Waals surface area contributed by atoms with Gasteiger partial charge in [0.05, 0.1) is 6.04 Å². The van der Waals surface area contributed by atoms with Gasteiger partial charge in [0.1, 0.15) is 17.6 Å². The highest BCUT2D eigenvalue weighted by Crippen LogP contribution is 2.34. The Morgan fingerprint density at radius 3 is 2.95 bits per heavy atom. The Bertz CT molecular complexity index is 590. The number of ether oxygens (including phenoxy) is 1. The van der Waals surface area contributed by atoms with Crippen molar-refractivity contribution in [3.8, 4) is 0 Å². The molecule has 0 aromatic heterocycles. The number of nitrogens with zero attached hydrogens (tertiary/aromatic N) is 2. The summed E-state index contributed by atoms with van der Waals surface area (Å²) in [5.74, 6) is 0.815. The van der Waals surface area contributed by atoms with Gasteiger partial charge in [-0.25, -0.2) is 0 Å². The second kappa shape index (κ2) is 4.83. The molecule has 2 fully saturated rings. The van der Waals surface area contributed by atoms with Crippen molar-refractivity contribution in [3.05, 3.63) is 24.0 Å². The van der Waals surface area contributed by atoms with Crippen molar-refractivity contribution in [1.29, 1.82) is 0 Å². The van der Waals surface area contributed by atoms with Crippen LogP contribution in [0.5, 0.6) is 0 Å². The molecule has 0 aromatic carbocycles. The average molecular weight is 286 g/mol. The molecule has 3 atom stereocenters. The van der Waals surface area contributed by atoms with Gasteiger partial charge in [0.25, 0.3) is 0 Å². The number of ketones is 1. The van der Waals surface area contributed by atoms with Crippen molar-refractivity contribution >= 4 is 17.4 Å². The first kappa shape index (κ1) is 12.8. The van der Waals surface area contributed by atoms with E-state index in [0.717, 1.165) is 37.9 Å². The molecule has 0 bridgehead atoms. The Balaban J connectivity index is 1.53. The van der Waals surface area contributed by atoms with E-state index in [1.807, 2.05) is 4.90 Å². The monoisotopic (exact) mass is 286 g/mol. The summed E-state index contributed by atoms with van der Waals surface area (Å²) < 4.78 is 6.01. The second-order valence-corrected chi connectivity index (χ2v) is 6.14. The number of allylic oxidation sites excluding steroid dienone is 3. The number of carbonyl (C=O) groups is 2. The maximum Gasteiger partial charge on any atom is 0.222 e. The van der Waals surface area contributed by atoms with Gasteiger partial charge in [-0.1, -0.05) is 0 Å². The van der Waals surface area contributed by atoms with Crippen LogP contribution in [0.3, 0.4) is 0 Å². The van der Waals surface area contributed by atoms with Gasteiger partial charge in [-0.3, -0.25) is 14.6 Å². The van der Waals surface area contributed by atoms with Crippen molar-refractivity contribution in [1.82, 2.24) is 4.90 Å². The molecular formula is C16H18N2O3. The number of amides is 1. The van der Waals surface area contributed by atoms with E-state index >= 15 is 0 Å². The molecule has 2 aliphatic heterocycles. The summed E-state index contributed by atoms with van der Waals surface area (Å²) in [6, 6.07) is 0.428. The van der Waals surface area contributed by atoms with Crippen molar-refractivity contribution in [3.63, 3.8) is 0 Å². The van der Waals surface area contributed by atoms with Crippen molar-refractivity contribution < 1.29 is 14.3 Å². The number of hydrogen-bond acceptors (Lipinski definition) is 4. The number of rotatable bonds is 1. The first-order chi connectivity index (χ1) is 10.2. The lowest BCUT2D eigenvalue weighted by Crippen LogP contribution is -2.48. The van der Waals surface area contributed by atoms with Gasteiger partial charge in [-0.15, -0.1) is 0 Å². The van der Waals surface area contributed by atoms with Crippen LogP contribution in [0.15, 0.2) is 29.0 Å². The molecule has 0 unspecified atom stereocenters. The number of hydrogen-bond donors (Lipinski definition) is 0. The minimum absolute atomic E-state index is 0.00792. The summed E-state index contributed by atoms with van der Waals surface area (Å²) in [5.41, 5.74) is 0.784. The van der Waals surface area contributed by atoms with Gasteiger partial charge in [0.2, 0.25) is 5.91 Å². The molecule has 0 radical (unpaired) electrons. The van der Waals surface area contributed by atoms with Crippen molar-refractivity contribution in [2.24, 2.45) is 4.99 Å². The highest BCUT2D eigenvalue weighted by Gasteiger charge is 2.40. The quantitative estimate of drug-likeness (QED) is 0.684. The van der Waals surface area contributed by atoms with Crippen molar-refractivity contribution in [2.45, 2.75) is 50.3 Å². The van der Waals surface area contributed by atoms with Gasteiger partial charge in [-0.2, -0.15) is 0 Å². The minimum Gasteiger partial charge on any atom is -0.486 e. The van der Waals surface area contributed by atoms with Crippen LogP contribution in [0.4, 0.5) is 0 Å². The van der Waals surface area contributed by atoms with E-state index in [1.165, 1.54) is 12.2 Å². The highest BCUT2D eigenvalue weighted by molar-refractivity contribution is 6.18. The summed E-state index contributed by atoms with van der Waals surface area (Å²) >= 11 is 0. The third-order valence-corrected chi connectivity index (χ3v) is 4.79. The summed E-state index contributed by atoms with van der Waals surface area (Å²) in [5, 5.41) is 0. The van der Waals surface area contributed by atoms with E-state index in [9.17, 15) is 9.59 Å². The Hall–Kier alpha value is -1.91. The standard InChI is InChI=1S/C16H18N2O3/c19-11-4-6-13-15(9-11)21-14-8-10(3-5-12(14)17-13)18-7-1-2-16(18)20/h4,6,9-10,12,14H,1-3,5,7-8H2/t10-,12-,14-/m1/s1. The van der Waals surface area contributed by atoms with Gasteiger partial charge in [0.15, 0.2) is 5.78 Å². The van der Waals surface area contributed by atoms with E-state index in [-0.39, 0.29) is 29.9 Å². The zero-order chi connectivity index (χ0) is 14.4. The molecule has 1 saturated carbocycles. The zero-order valence-electron chi connectivity index (χ0n) is 11.8. The normalized spacial score (nSPS) is 34.9. The van der Waals surface area contributed by atoms with Gasteiger partial charge < -0.3 is 9.64 Å². The van der Waals surface area contributed by atoms with Crippen LogP contribution in [0.2, 0.25) is 0 Å². The molecule has 2 heterocycles. The maximum absolute atomic E-state index is 11.9. The lowest BCUT2D eigenvalue weighted by atomic mass is 9.86. The molecule has 4 rings (SSSR count). The summed E-state index contributed by atoms with van der Waals surface area (Å²) in [4.78, 5) is 30.1. The Morgan fingerprint density at radius 2 is 2.14 bits per heavy atom. The molecule has 5 heteroatoms. The van der Waals surface area contributed by atoms with Crippen LogP contribution in [0.25, 0.3) is 0 Å². The van der Waals surface area contributed by atoms with E-state index in [4.69, 9.17) is 9.73 Å². The Labute approximate surface area is 123 Å². The first-order valence-electron chi connectivity index (χ1n) is 7.69. The second-order valence-electron chi connectivity index (χ2n) is 6.14. The van der Waals surface area contributed by atoms with Crippen LogP contribution in [0, 0.1) is 0 Å². The molecule has 0 aromatic rings. The molecule has 21 heavy (non-hydrogen) atoms. The van der Waals surface area contributed by atoms with Crippen LogP contribution < -0.4 is 0 Å². The van der Waals surface area contributed by atoms with Gasteiger partial charge in [0, 0.05) is 31.5 Å². The third kappa shape index (κ3) is 2.20. The molecule has 1 amide bonds. The van der Waals surface area contributed by atoms with Gasteiger partial charge in [-0.05, 0) is 31.4 Å². The predicted octanol–water partition coefficient (Wildman–Crippen LogP) is 1.39. The fourth-order valence-corrected chi connectivity index (χ4v) is 3.74. The molecule has 5 nitrogen and oxygen atoms in total. The highest BCUT2D eigenvalue weighted by atomic mass is 16.5. The minimum atomic E-state index is -0.0514. The number of fused-ring (bicyclic) bond motifs is 2. The van der Waals surface area contributed by atoms with E-state index < -0.39 is 0 Å². The smallest absolute Gasteiger partial charge is 0.222 e. The fourth-order valence-electron chi connectivity index (χ4n) is 3.74. The summed E-state index contributed by atoms with van der Waals surface area (Å²) in [6.45, 7) is 0.874. The van der Waals surface area contributed by atoms with Gasteiger partial charge >= 0.3 is 0 Å². The first-order valence-corrected chi connectivity index (χ1v) is 7.69. The lowest BCUT2D eigenvalue weighted by molar-refractivity contribution is -0.131. The van der Waals surface area contributed by atoms with E-state index in [0.29, 0.717) is 12.2 Å². The van der Waals surface area contributed by atoms with Crippen LogP contribution >= 0.6 is 0 Å². The van der Waals surface area contributed by atoms with Crippen molar-refractivity contribution in [2.75, 3.05) is 6.54 Å². The largest absolute Gasteiger partial charge is 0.486 e. The fraction of sp³-hybridized carbons (Fsp3) is 0.562. The summed E-state index contributed by atoms with van der Waals surface area (Å²) in [7, 11) is 0. The molecule has 4 aliphatic rings. The van der Waals surface area contributed by atoms with Crippen LogP contribution in [-0.2, 0) is 14.3 Å². The maximum atomic E-state index is 11.9. The third-order valence-electron chi connectivity index (χ3n) is 4.79. The molecule has 0 N–H and O–H groups in total. The molecular weight excluding hydrogens is 268 g/mol.